The highest BCUT2D eigenvalue weighted by Crippen LogP contribution is 2.23. The fourth-order valence-corrected chi connectivity index (χ4v) is 3.27. The van der Waals surface area contributed by atoms with Crippen LogP contribution in [0.3, 0.4) is 0 Å². The third-order valence-corrected chi connectivity index (χ3v) is 4.77. The predicted molar refractivity (Wildman–Crippen MR) is 102 cm³/mol. The monoisotopic (exact) mass is 351 g/mol. The highest BCUT2D eigenvalue weighted by molar-refractivity contribution is 6.48. The van der Waals surface area contributed by atoms with Crippen molar-refractivity contribution in [3.05, 3.63) is 35.4 Å². The zero-order valence-corrected chi connectivity index (χ0v) is 17.3. The van der Waals surface area contributed by atoms with E-state index in [-0.39, 0.29) is 5.41 Å². The summed E-state index contributed by atoms with van der Waals surface area (Å²) in [5.41, 5.74) is 2.76. The van der Waals surface area contributed by atoms with E-state index in [0.29, 0.717) is 18.9 Å². The van der Waals surface area contributed by atoms with Crippen LogP contribution < -0.4 is 0 Å². The molecule has 0 saturated heterocycles. The molecule has 0 spiro atoms. The smallest absolute Gasteiger partial charge is 0.208 e. The topological polar surface area (TPSA) is 38.7 Å². The van der Waals surface area contributed by atoms with Crippen LogP contribution in [0.15, 0.2) is 24.3 Å². The fourth-order valence-electron chi connectivity index (χ4n) is 2.63. The van der Waals surface area contributed by atoms with Crippen molar-refractivity contribution >= 4 is 9.04 Å². The normalized spacial score (nSPS) is 14.8. The molecule has 0 aromatic heterocycles. The molecule has 24 heavy (non-hydrogen) atoms. The van der Waals surface area contributed by atoms with Crippen LogP contribution in [0.4, 0.5) is 0 Å². The molecule has 1 unspecified atom stereocenters. The number of rotatable bonds is 10. The number of benzene rings is 1. The minimum Gasteiger partial charge on any atom is -0.393 e. The average Bonchev–Trinajstić information content (AvgIpc) is 2.45. The minimum absolute atomic E-state index is 0.173. The van der Waals surface area contributed by atoms with Gasteiger partial charge in [0.1, 0.15) is 6.29 Å². The third kappa shape index (κ3) is 8.97. The molecular weight excluding hydrogens is 316 g/mol. The van der Waals surface area contributed by atoms with Crippen LogP contribution in [0, 0.1) is 5.92 Å². The number of hydrogen-bond acceptors (Lipinski definition) is 3. The summed E-state index contributed by atoms with van der Waals surface area (Å²) in [6.45, 7) is 14.4. The van der Waals surface area contributed by atoms with Gasteiger partial charge in [-0.05, 0) is 54.8 Å². The van der Waals surface area contributed by atoms with Gasteiger partial charge < -0.3 is 14.3 Å². The summed E-state index contributed by atoms with van der Waals surface area (Å²) in [6.07, 6.45) is 2.18. The van der Waals surface area contributed by atoms with Crippen LogP contribution in [-0.2, 0) is 21.2 Å². The first kappa shape index (κ1) is 21.4. The molecule has 1 radical (unpaired) electrons. The lowest BCUT2D eigenvalue weighted by molar-refractivity contribution is -0.0360. The molecule has 1 N–H and O–H groups in total. The van der Waals surface area contributed by atoms with Crippen LogP contribution in [0.2, 0.25) is 13.1 Å². The van der Waals surface area contributed by atoms with Gasteiger partial charge in [0.2, 0.25) is 9.04 Å². The molecule has 3 nitrogen and oxygen atoms in total. The molecule has 0 aliphatic heterocycles. The molecule has 0 amide bonds. The lowest BCUT2D eigenvalue weighted by Crippen LogP contribution is -2.22. The first-order valence-corrected chi connectivity index (χ1v) is 11.4. The molecule has 0 heterocycles. The number of aliphatic hydroxyl groups excluding tert-OH is 1. The number of hydrogen-bond donors (Lipinski definition) is 1. The molecule has 137 valence electrons. The Bertz CT molecular complexity index is 468. The van der Waals surface area contributed by atoms with Gasteiger partial charge in [0.25, 0.3) is 0 Å². The van der Waals surface area contributed by atoms with E-state index < -0.39 is 15.3 Å². The Labute approximate surface area is 150 Å². The quantitative estimate of drug-likeness (QED) is 0.370. The predicted octanol–water partition coefficient (Wildman–Crippen LogP) is 4.89. The largest absolute Gasteiger partial charge is 0.393 e. The second-order valence-electron chi connectivity index (χ2n) is 7.97. The Morgan fingerprint density at radius 3 is 2.54 bits per heavy atom. The summed E-state index contributed by atoms with van der Waals surface area (Å²) in [4.78, 5) is 0. The van der Waals surface area contributed by atoms with E-state index in [2.05, 4.69) is 52.0 Å². The molecule has 1 rings (SSSR count). The SMILES string of the molecule is C[C@H](CCCOCc1cccc(C(C)(C)C)c1)CC(O)O[Si](C)C. The van der Waals surface area contributed by atoms with E-state index in [4.69, 9.17) is 9.16 Å². The van der Waals surface area contributed by atoms with Crippen molar-refractivity contribution in [2.45, 2.75) is 78.4 Å². The van der Waals surface area contributed by atoms with E-state index in [9.17, 15) is 5.11 Å². The van der Waals surface area contributed by atoms with Crippen LogP contribution in [0.25, 0.3) is 0 Å². The molecule has 0 aliphatic carbocycles. The van der Waals surface area contributed by atoms with Gasteiger partial charge in [0.05, 0.1) is 6.61 Å². The van der Waals surface area contributed by atoms with Crippen LogP contribution in [0.1, 0.15) is 58.1 Å². The Hall–Kier alpha value is -0.683. The van der Waals surface area contributed by atoms with E-state index in [0.717, 1.165) is 19.4 Å². The number of ether oxygens (including phenoxy) is 1. The minimum atomic E-state index is -0.826. The van der Waals surface area contributed by atoms with Gasteiger partial charge in [-0.2, -0.15) is 0 Å². The summed E-state index contributed by atoms with van der Waals surface area (Å²) >= 11 is 0. The van der Waals surface area contributed by atoms with Gasteiger partial charge in [-0.15, -0.1) is 0 Å². The molecule has 1 aromatic carbocycles. The Balaban J connectivity index is 2.22. The van der Waals surface area contributed by atoms with Gasteiger partial charge in [0, 0.05) is 6.61 Å². The summed E-state index contributed by atoms with van der Waals surface area (Å²) in [5, 5.41) is 9.81. The third-order valence-electron chi connectivity index (χ3n) is 4.02. The van der Waals surface area contributed by atoms with Crippen molar-refractivity contribution in [1.29, 1.82) is 0 Å². The van der Waals surface area contributed by atoms with E-state index in [1.54, 1.807) is 0 Å². The van der Waals surface area contributed by atoms with E-state index >= 15 is 0 Å². The summed E-state index contributed by atoms with van der Waals surface area (Å²) in [6, 6.07) is 8.66. The average molecular weight is 352 g/mol. The van der Waals surface area contributed by atoms with Gasteiger partial charge in [0.15, 0.2) is 0 Å². The standard InChI is InChI=1S/C20H35O3Si/c1-16(13-19(21)23-24(5)6)9-8-12-22-15-17-10-7-11-18(14-17)20(2,3)4/h7,10-11,14,16,19,21H,8-9,12-13,15H2,1-6H3/t16-,19?/m1/s1. The van der Waals surface area contributed by atoms with Crippen molar-refractivity contribution in [3.63, 3.8) is 0 Å². The fraction of sp³-hybridized carbons (Fsp3) is 0.700. The van der Waals surface area contributed by atoms with E-state index in [1.807, 2.05) is 13.1 Å². The molecular formula is C20H35O3Si. The molecule has 0 bridgehead atoms. The maximum Gasteiger partial charge on any atom is 0.208 e. The first-order valence-electron chi connectivity index (χ1n) is 9.00. The molecule has 0 saturated carbocycles. The van der Waals surface area contributed by atoms with E-state index in [1.165, 1.54) is 11.1 Å². The van der Waals surface area contributed by atoms with Crippen molar-refractivity contribution in [2.24, 2.45) is 5.92 Å². The molecule has 2 atom stereocenters. The first-order chi connectivity index (χ1) is 11.2. The van der Waals surface area contributed by atoms with Crippen molar-refractivity contribution < 1.29 is 14.3 Å². The number of aliphatic hydroxyl groups is 1. The van der Waals surface area contributed by atoms with Crippen LogP contribution in [-0.4, -0.2) is 27.0 Å². The van der Waals surface area contributed by atoms with Gasteiger partial charge in [-0.3, -0.25) is 0 Å². The highest BCUT2D eigenvalue weighted by atomic mass is 28.3. The Morgan fingerprint density at radius 1 is 1.21 bits per heavy atom. The van der Waals surface area contributed by atoms with Crippen molar-refractivity contribution in [2.75, 3.05) is 6.61 Å². The second kappa shape index (κ2) is 10.3. The maximum absolute atomic E-state index is 9.81. The van der Waals surface area contributed by atoms with Crippen molar-refractivity contribution in [1.82, 2.24) is 0 Å². The maximum atomic E-state index is 9.81. The van der Waals surface area contributed by atoms with Crippen LogP contribution >= 0.6 is 0 Å². The Morgan fingerprint density at radius 2 is 1.92 bits per heavy atom. The summed E-state index contributed by atoms with van der Waals surface area (Å²) < 4.78 is 11.3. The second-order valence-corrected chi connectivity index (χ2v) is 10.0. The molecule has 0 fully saturated rings. The summed E-state index contributed by atoms with van der Waals surface area (Å²) in [5.74, 6) is 0.453. The van der Waals surface area contributed by atoms with Gasteiger partial charge >= 0.3 is 0 Å². The lowest BCUT2D eigenvalue weighted by Gasteiger charge is -2.20. The van der Waals surface area contributed by atoms with Crippen LogP contribution in [0.5, 0.6) is 0 Å². The zero-order valence-electron chi connectivity index (χ0n) is 16.3. The Kier molecular flexibility index (Phi) is 9.20. The summed E-state index contributed by atoms with van der Waals surface area (Å²) in [7, 11) is -0.826. The zero-order chi connectivity index (χ0) is 18.2. The molecule has 0 aliphatic rings. The van der Waals surface area contributed by atoms with Gasteiger partial charge in [-0.25, -0.2) is 0 Å². The highest BCUT2D eigenvalue weighted by Gasteiger charge is 2.14. The molecule has 1 aromatic rings. The molecule has 4 heteroatoms. The lowest BCUT2D eigenvalue weighted by atomic mass is 9.86. The van der Waals surface area contributed by atoms with Gasteiger partial charge in [-0.1, -0.05) is 52.0 Å². The van der Waals surface area contributed by atoms with Crippen molar-refractivity contribution in [3.8, 4) is 0 Å².